The topological polar surface area (TPSA) is 88.1 Å². The predicted molar refractivity (Wildman–Crippen MR) is 102 cm³/mol. The Balaban J connectivity index is 1.29. The van der Waals surface area contributed by atoms with Crippen LogP contribution in [0.2, 0.25) is 0 Å². The number of esters is 1. The van der Waals surface area contributed by atoms with E-state index in [9.17, 15) is 14.4 Å². The molecule has 0 radical (unpaired) electrons. The lowest BCUT2D eigenvalue weighted by atomic mass is 9.52. The number of carbonyl (C=O) groups excluding carboxylic acids is 1. The standard InChI is InChI=1S/C20H26N4O4/c1-22-17-16(18(25)23(2)20(22)27)24(10-21-17)3-4-28-19(26)15-13-6-11-5-12(8-13)9-14(15)7-11/h10-15H,3-9H2,1-2H3. The van der Waals surface area contributed by atoms with Gasteiger partial charge in [-0.2, -0.15) is 0 Å². The van der Waals surface area contributed by atoms with Crippen molar-refractivity contribution in [1.82, 2.24) is 18.7 Å². The first-order valence-corrected chi connectivity index (χ1v) is 10.2. The Morgan fingerprint density at radius 1 is 1.07 bits per heavy atom. The molecule has 0 aromatic carbocycles. The van der Waals surface area contributed by atoms with Crippen LogP contribution in [-0.2, 0) is 30.2 Å². The molecule has 0 saturated heterocycles. The van der Waals surface area contributed by atoms with Crippen LogP contribution in [0.15, 0.2) is 15.9 Å². The van der Waals surface area contributed by atoms with E-state index in [0.29, 0.717) is 29.5 Å². The molecule has 4 aliphatic rings. The summed E-state index contributed by atoms with van der Waals surface area (Å²) in [6.45, 7) is 0.558. The van der Waals surface area contributed by atoms with Crippen molar-refractivity contribution in [2.75, 3.05) is 6.61 Å². The molecule has 0 amide bonds. The minimum Gasteiger partial charge on any atom is -0.464 e. The van der Waals surface area contributed by atoms with Crippen LogP contribution < -0.4 is 11.2 Å². The molecule has 4 fully saturated rings. The van der Waals surface area contributed by atoms with Gasteiger partial charge < -0.3 is 9.30 Å². The summed E-state index contributed by atoms with van der Waals surface area (Å²) in [5, 5.41) is 0. The highest BCUT2D eigenvalue weighted by Crippen LogP contribution is 2.56. The van der Waals surface area contributed by atoms with E-state index in [1.54, 1.807) is 11.6 Å². The van der Waals surface area contributed by atoms with E-state index >= 15 is 0 Å². The third-order valence-corrected chi connectivity index (χ3v) is 7.29. The van der Waals surface area contributed by atoms with Gasteiger partial charge in [0.1, 0.15) is 6.61 Å². The number of aromatic nitrogens is 4. The Labute approximate surface area is 162 Å². The molecular formula is C20H26N4O4. The van der Waals surface area contributed by atoms with Crippen LogP contribution in [0.3, 0.4) is 0 Å². The van der Waals surface area contributed by atoms with Crippen molar-refractivity contribution in [3.05, 3.63) is 27.2 Å². The van der Waals surface area contributed by atoms with Crippen LogP contribution in [0.25, 0.3) is 11.2 Å². The molecule has 2 aromatic rings. The highest BCUT2D eigenvalue weighted by Gasteiger charge is 2.51. The monoisotopic (exact) mass is 386 g/mol. The predicted octanol–water partition coefficient (Wildman–Crippen LogP) is 1.05. The molecule has 4 saturated carbocycles. The van der Waals surface area contributed by atoms with Crippen molar-refractivity contribution in [1.29, 1.82) is 0 Å². The fourth-order valence-electron chi connectivity index (χ4n) is 6.22. The average molecular weight is 386 g/mol. The molecule has 28 heavy (non-hydrogen) atoms. The van der Waals surface area contributed by atoms with Gasteiger partial charge in [-0.3, -0.25) is 18.7 Å². The Kier molecular flexibility index (Phi) is 4.00. The molecule has 2 heterocycles. The number of nitrogens with zero attached hydrogens (tertiary/aromatic N) is 4. The summed E-state index contributed by atoms with van der Waals surface area (Å²) < 4.78 is 9.74. The SMILES string of the molecule is Cn1c(=O)c2c(ncn2CCOC(=O)C2C3CC4CC(C3)CC2C4)n(C)c1=O. The highest BCUT2D eigenvalue weighted by atomic mass is 16.5. The highest BCUT2D eigenvalue weighted by molar-refractivity contribution is 5.74. The smallest absolute Gasteiger partial charge is 0.332 e. The Hall–Kier alpha value is -2.38. The van der Waals surface area contributed by atoms with Gasteiger partial charge in [0.2, 0.25) is 0 Å². The molecular weight excluding hydrogens is 360 g/mol. The molecule has 0 atom stereocenters. The normalized spacial score (nSPS) is 30.9. The third kappa shape index (κ3) is 2.57. The lowest BCUT2D eigenvalue weighted by Crippen LogP contribution is -2.48. The van der Waals surface area contributed by atoms with Gasteiger partial charge in [0, 0.05) is 14.1 Å². The van der Waals surface area contributed by atoms with Crippen molar-refractivity contribution in [3.8, 4) is 0 Å². The van der Waals surface area contributed by atoms with Crippen LogP contribution in [0.4, 0.5) is 0 Å². The molecule has 8 nitrogen and oxygen atoms in total. The quantitative estimate of drug-likeness (QED) is 0.733. The molecule has 0 spiro atoms. The van der Waals surface area contributed by atoms with Gasteiger partial charge in [0.05, 0.1) is 18.8 Å². The summed E-state index contributed by atoms with van der Waals surface area (Å²) in [6, 6.07) is 0. The summed E-state index contributed by atoms with van der Waals surface area (Å²) in [5.41, 5.74) is -0.0882. The number of rotatable bonds is 4. The maximum Gasteiger partial charge on any atom is 0.332 e. The van der Waals surface area contributed by atoms with Crippen LogP contribution >= 0.6 is 0 Å². The Morgan fingerprint density at radius 2 is 1.71 bits per heavy atom. The summed E-state index contributed by atoms with van der Waals surface area (Å²) >= 11 is 0. The van der Waals surface area contributed by atoms with E-state index in [1.807, 2.05) is 0 Å². The lowest BCUT2D eigenvalue weighted by Gasteiger charge is -2.53. The zero-order valence-electron chi connectivity index (χ0n) is 16.3. The van der Waals surface area contributed by atoms with E-state index < -0.39 is 5.69 Å². The van der Waals surface area contributed by atoms with Gasteiger partial charge >= 0.3 is 11.7 Å². The number of hydrogen-bond acceptors (Lipinski definition) is 5. The minimum absolute atomic E-state index is 0.0565. The minimum atomic E-state index is -0.406. The number of ether oxygens (including phenoxy) is 1. The number of fused-ring (bicyclic) bond motifs is 1. The molecule has 0 unspecified atom stereocenters. The number of imidazole rings is 1. The number of carbonyl (C=O) groups is 1. The molecule has 4 aliphatic carbocycles. The van der Waals surface area contributed by atoms with Gasteiger partial charge in [-0.1, -0.05) is 0 Å². The van der Waals surface area contributed by atoms with Gasteiger partial charge in [-0.25, -0.2) is 9.78 Å². The largest absolute Gasteiger partial charge is 0.464 e. The van der Waals surface area contributed by atoms with E-state index in [-0.39, 0.29) is 24.1 Å². The summed E-state index contributed by atoms with van der Waals surface area (Å²) in [5.74, 6) is 2.64. The average Bonchev–Trinajstić information content (AvgIpc) is 3.08. The summed E-state index contributed by atoms with van der Waals surface area (Å²) in [4.78, 5) is 41.5. The molecule has 6 rings (SSSR count). The molecule has 150 valence electrons. The number of aryl methyl sites for hydroxylation is 1. The van der Waals surface area contributed by atoms with Crippen LogP contribution in [0.1, 0.15) is 32.1 Å². The zero-order chi connectivity index (χ0) is 19.6. The van der Waals surface area contributed by atoms with E-state index in [1.165, 1.54) is 50.0 Å². The first-order chi connectivity index (χ1) is 13.4. The fraction of sp³-hybridized carbons (Fsp3) is 0.700. The van der Waals surface area contributed by atoms with Crippen molar-refractivity contribution < 1.29 is 9.53 Å². The second-order valence-electron chi connectivity index (χ2n) is 8.94. The molecule has 2 aromatic heterocycles. The Morgan fingerprint density at radius 3 is 2.36 bits per heavy atom. The summed E-state index contributed by atoms with van der Waals surface area (Å²) in [7, 11) is 3.04. The maximum absolute atomic E-state index is 12.8. The lowest BCUT2D eigenvalue weighted by molar-refractivity contribution is -0.162. The van der Waals surface area contributed by atoms with Gasteiger partial charge in [0.15, 0.2) is 11.2 Å². The van der Waals surface area contributed by atoms with Crippen molar-refractivity contribution in [2.45, 2.75) is 38.6 Å². The van der Waals surface area contributed by atoms with Crippen LogP contribution in [-0.4, -0.2) is 31.3 Å². The summed E-state index contributed by atoms with van der Waals surface area (Å²) in [6.07, 6.45) is 7.63. The second-order valence-corrected chi connectivity index (χ2v) is 8.94. The molecule has 0 N–H and O–H groups in total. The molecule has 8 heteroatoms. The fourth-order valence-corrected chi connectivity index (χ4v) is 6.22. The number of hydrogen-bond donors (Lipinski definition) is 0. The first-order valence-electron chi connectivity index (χ1n) is 10.2. The van der Waals surface area contributed by atoms with Crippen molar-refractivity contribution in [3.63, 3.8) is 0 Å². The van der Waals surface area contributed by atoms with Crippen molar-refractivity contribution >= 4 is 17.1 Å². The first kappa shape index (κ1) is 17.7. The van der Waals surface area contributed by atoms with Crippen LogP contribution in [0, 0.1) is 29.6 Å². The van der Waals surface area contributed by atoms with E-state index in [2.05, 4.69) is 4.98 Å². The Bertz CT molecular complexity index is 1030. The maximum atomic E-state index is 12.8. The second kappa shape index (κ2) is 6.32. The van der Waals surface area contributed by atoms with Crippen molar-refractivity contribution in [2.24, 2.45) is 43.7 Å². The van der Waals surface area contributed by atoms with E-state index in [0.717, 1.165) is 16.4 Å². The third-order valence-electron chi connectivity index (χ3n) is 7.29. The van der Waals surface area contributed by atoms with E-state index in [4.69, 9.17) is 4.74 Å². The molecule has 0 aliphatic heterocycles. The van der Waals surface area contributed by atoms with Gasteiger partial charge in [-0.05, 0) is 55.8 Å². The van der Waals surface area contributed by atoms with Gasteiger partial charge in [0.25, 0.3) is 5.56 Å². The zero-order valence-corrected chi connectivity index (χ0v) is 16.3. The molecule has 4 bridgehead atoms. The van der Waals surface area contributed by atoms with Crippen LogP contribution in [0.5, 0.6) is 0 Å². The van der Waals surface area contributed by atoms with Gasteiger partial charge in [-0.15, -0.1) is 0 Å².